The molecule has 0 radical (unpaired) electrons. The molecule has 2 N–H and O–H groups in total. The zero-order chi connectivity index (χ0) is 15.9. The summed E-state index contributed by atoms with van der Waals surface area (Å²) in [4.78, 5) is 11.4. The fraction of sp³-hybridized carbons (Fsp3) is 0.188. The van der Waals surface area contributed by atoms with Crippen molar-refractivity contribution >= 4 is 21.8 Å². The van der Waals surface area contributed by atoms with Crippen molar-refractivity contribution < 1.29 is 19.0 Å². The van der Waals surface area contributed by atoms with E-state index in [1.54, 1.807) is 25.3 Å². The Bertz CT molecular complexity index is 643. The number of hydrogen-bond donors (Lipinski definition) is 1. The van der Waals surface area contributed by atoms with Crippen LogP contribution in [0.2, 0.25) is 0 Å². The third-order valence-corrected chi connectivity index (χ3v) is 3.41. The number of carbonyl (C=O) groups excluding carboxylic acids is 1. The normalized spacial score (nSPS) is 10.1. The minimum atomic E-state index is -0.550. The highest BCUT2D eigenvalue weighted by molar-refractivity contribution is 9.10. The first kappa shape index (κ1) is 16.2. The Hall–Kier alpha value is -2.21. The molecule has 5 nitrogen and oxygen atoms in total. The molecule has 2 aromatic carbocycles. The van der Waals surface area contributed by atoms with Gasteiger partial charge in [-0.2, -0.15) is 0 Å². The van der Waals surface area contributed by atoms with Gasteiger partial charge in [-0.05, 0) is 36.4 Å². The quantitative estimate of drug-likeness (QED) is 0.765. The van der Waals surface area contributed by atoms with Gasteiger partial charge in [0.05, 0.1) is 12.7 Å². The minimum absolute atomic E-state index is 0.281. The molecular formula is C16H16BrNO4. The molecule has 0 aliphatic carbocycles. The third-order valence-electron chi connectivity index (χ3n) is 2.88. The van der Waals surface area contributed by atoms with E-state index in [1.165, 1.54) is 0 Å². The van der Waals surface area contributed by atoms with Gasteiger partial charge in [-0.15, -0.1) is 0 Å². The van der Waals surface area contributed by atoms with Crippen LogP contribution >= 0.6 is 15.9 Å². The number of halogens is 1. The van der Waals surface area contributed by atoms with Gasteiger partial charge in [-0.3, -0.25) is 4.79 Å². The molecule has 2 aromatic rings. The van der Waals surface area contributed by atoms with Crippen LogP contribution in [0.15, 0.2) is 46.9 Å². The second kappa shape index (κ2) is 7.70. The molecule has 0 heterocycles. The smallest absolute Gasteiger partial charge is 0.252 e. The Morgan fingerprint density at radius 2 is 1.68 bits per heavy atom. The molecule has 116 valence electrons. The molecule has 22 heavy (non-hydrogen) atoms. The lowest BCUT2D eigenvalue weighted by Gasteiger charge is -2.12. The first-order chi connectivity index (χ1) is 10.6. The fourth-order valence-corrected chi connectivity index (χ4v) is 2.06. The molecule has 0 saturated carbocycles. The lowest BCUT2D eigenvalue weighted by Crippen LogP contribution is -2.15. The van der Waals surface area contributed by atoms with E-state index in [0.29, 0.717) is 23.7 Å². The molecule has 2 rings (SSSR count). The molecular weight excluding hydrogens is 350 g/mol. The zero-order valence-electron chi connectivity index (χ0n) is 12.0. The zero-order valence-corrected chi connectivity index (χ0v) is 13.6. The molecule has 0 spiro atoms. The molecule has 0 aliphatic heterocycles. The number of hydrogen-bond acceptors (Lipinski definition) is 4. The van der Waals surface area contributed by atoms with Crippen molar-refractivity contribution in [1.29, 1.82) is 0 Å². The first-order valence-corrected chi connectivity index (χ1v) is 7.38. The first-order valence-electron chi connectivity index (χ1n) is 6.59. The molecule has 0 saturated heterocycles. The molecule has 0 unspecified atom stereocenters. The highest BCUT2D eigenvalue weighted by atomic mass is 79.9. The summed E-state index contributed by atoms with van der Waals surface area (Å²) in [5.74, 6) is 1.17. The second-order valence-electron chi connectivity index (χ2n) is 4.38. The Kier molecular flexibility index (Phi) is 5.66. The maximum absolute atomic E-state index is 11.4. The van der Waals surface area contributed by atoms with Crippen LogP contribution in [0.5, 0.6) is 17.2 Å². The number of amides is 1. The fourth-order valence-electron chi connectivity index (χ4n) is 1.79. The van der Waals surface area contributed by atoms with Crippen molar-refractivity contribution in [2.75, 3.05) is 20.3 Å². The number of rotatable bonds is 7. The largest absolute Gasteiger partial charge is 0.497 e. The number of benzene rings is 2. The van der Waals surface area contributed by atoms with Crippen LogP contribution in [0.4, 0.5) is 0 Å². The maximum atomic E-state index is 11.4. The van der Waals surface area contributed by atoms with E-state index in [9.17, 15) is 4.79 Å². The third kappa shape index (κ3) is 4.39. The van der Waals surface area contributed by atoms with Crippen LogP contribution in [0.25, 0.3) is 0 Å². The summed E-state index contributed by atoms with van der Waals surface area (Å²) in [7, 11) is 1.54. The Balaban J connectivity index is 1.93. The molecule has 0 bridgehead atoms. The topological polar surface area (TPSA) is 70.8 Å². The second-order valence-corrected chi connectivity index (χ2v) is 5.29. The molecule has 0 aromatic heterocycles. The summed E-state index contributed by atoms with van der Waals surface area (Å²) in [6.07, 6.45) is 0. The van der Waals surface area contributed by atoms with Gasteiger partial charge in [-0.25, -0.2) is 0 Å². The van der Waals surface area contributed by atoms with E-state index in [-0.39, 0.29) is 6.61 Å². The minimum Gasteiger partial charge on any atom is -0.497 e. The molecule has 0 atom stereocenters. The van der Waals surface area contributed by atoms with Crippen molar-refractivity contribution in [3.63, 3.8) is 0 Å². The summed E-state index contributed by atoms with van der Waals surface area (Å²) >= 11 is 3.36. The van der Waals surface area contributed by atoms with Crippen LogP contribution in [-0.2, 0) is 0 Å². The van der Waals surface area contributed by atoms with Gasteiger partial charge in [0, 0.05) is 10.5 Å². The van der Waals surface area contributed by atoms with Gasteiger partial charge in [0.2, 0.25) is 0 Å². The molecule has 6 heteroatoms. The van der Waals surface area contributed by atoms with Crippen LogP contribution in [0.3, 0.4) is 0 Å². The standard InChI is InChI=1S/C16H16BrNO4/c1-20-13-6-7-14(16(18)19)15(10-13)22-9-8-21-12-4-2-11(17)3-5-12/h2-7,10H,8-9H2,1H3,(H2,18,19). The summed E-state index contributed by atoms with van der Waals surface area (Å²) < 4.78 is 17.2. The van der Waals surface area contributed by atoms with E-state index in [4.69, 9.17) is 19.9 Å². The monoisotopic (exact) mass is 365 g/mol. The van der Waals surface area contributed by atoms with E-state index < -0.39 is 5.91 Å². The Morgan fingerprint density at radius 3 is 2.32 bits per heavy atom. The predicted molar refractivity (Wildman–Crippen MR) is 86.6 cm³/mol. The van der Waals surface area contributed by atoms with E-state index >= 15 is 0 Å². The highest BCUT2D eigenvalue weighted by Gasteiger charge is 2.10. The van der Waals surface area contributed by atoms with Crippen molar-refractivity contribution in [3.05, 3.63) is 52.5 Å². The Morgan fingerprint density at radius 1 is 1.05 bits per heavy atom. The van der Waals surface area contributed by atoms with Gasteiger partial charge in [0.1, 0.15) is 30.5 Å². The summed E-state index contributed by atoms with van der Waals surface area (Å²) in [5, 5.41) is 0. The lowest BCUT2D eigenvalue weighted by molar-refractivity contribution is 0.0995. The predicted octanol–water partition coefficient (Wildman–Crippen LogP) is 3.01. The number of ether oxygens (including phenoxy) is 3. The summed E-state index contributed by atoms with van der Waals surface area (Å²) in [6, 6.07) is 12.3. The van der Waals surface area contributed by atoms with Crippen molar-refractivity contribution in [1.82, 2.24) is 0 Å². The van der Waals surface area contributed by atoms with Crippen LogP contribution in [0.1, 0.15) is 10.4 Å². The molecule has 1 amide bonds. The number of nitrogens with two attached hydrogens (primary N) is 1. The van der Waals surface area contributed by atoms with Crippen LogP contribution in [-0.4, -0.2) is 26.2 Å². The number of methoxy groups -OCH3 is 1. The highest BCUT2D eigenvalue weighted by Crippen LogP contribution is 2.24. The summed E-state index contributed by atoms with van der Waals surface area (Å²) in [5.41, 5.74) is 5.63. The van der Waals surface area contributed by atoms with Crippen LogP contribution < -0.4 is 19.9 Å². The van der Waals surface area contributed by atoms with Crippen molar-refractivity contribution in [3.8, 4) is 17.2 Å². The van der Waals surface area contributed by atoms with Gasteiger partial charge in [-0.1, -0.05) is 15.9 Å². The van der Waals surface area contributed by atoms with Crippen molar-refractivity contribution in [2.45, 2.75) is 0 Å². The SMILES string of the molecule is COc1ccc(C(N)=O)c(OCCOc2ccc(Br)cc2)c1. The van der Waals surface area contributed by atoms with Crippen LogP contribution in [0, 0.1) is 0 Å². The molecule has 0 fully saturated rings. The average Bonchev–Trinajstić information content (AvgIpc) is 2.52. The van der Waals surface area contributed by atoms with E-state index in [1.807, 2.05) is 24.3 Å². The maximum Gasteiger partial charge on any atom is 0.252 e. The van der Waals surface area contributed by atoms with Gasteiger partial charge >= 0.3 is 0 Å². The lowest BCUT2D eigenvalue weighted by atomic mass is 10.2. The number of carbonyl (C=O) groups is 1. The van der Waals surface area contributed by atoms with Gasteiger partial charge in [0.25, 0.3) is 5.91 Å². The molecule has 0 aliphatic rings. The Labute approximate surface area is 137 Å². The van der Waals surface area contributed by atoms with Gasteiger partial charge in [0.15, 0.2) is 0 Å². The average molecular weight is 366 g/mol. The number of primary amides is 1. The summed E-state index contributed by atoms with van der Waals surface area (Å²) in [6.45, 7) is 0.626. The van der Waals surface area contributed by atoms with Crippen molar-refractivity contribution in [2.24, 2.45) is 5.73 Å². The van der Waals surface area contributed by atoms with E-state index in [0.717, 1.165) is 10.2 Å². The van der Waals surface area contributed by atoms with E-state index in [2.05, 4.69) is 15.9 Å². The van der Waals surface area contributed by atoms with Gasteiger partial charge < -0.3 is 19.9 Å².